The maximum absolute atomic E-state index is 14.1. The number of rotatable bonds is 6. The molecule has 2 N–H and O–H groups in total. The molecule has 34 heavy (non-hydrogen) atoms. The second kappa shape index (κ2) is 9.97. The van der Waals surface area contributed by atoms with Gasteiger partial charge in [-0.2, -0.15) is 5.10 Å². The number of allylic oxidation sites excluding steroid dienone is 2. The van der Waals surface area contributed by atoms with Gasteiger partial charge in [0.25, 0.3) is 0 Å². The van der Waals surface area contributed by atoms with Crippen LogP contribution >= 0.6 is 0 Å². The summed E-state index contributed by atoms with van der Waals surface area (Å²) >= 11 is 0. The molecule has 1 aliphatic rings. The summed E-state index contributed by atoms with van der Waals surface area (Å²) in [6.45, 7) is 1.91. The van der Waals surface area contributed by atoms with Gasteiger partial charge in [0.15, 0.2) is 0 Å². The van der Waals surface area contributed by atoms with Gasteiger partial charge in [-0.05, 0) is 88.4 Å². The quantitative estimate of drug-likeness (QED) is 0.384. The van der Waals surface area contributed by atoms with Crippen molar-refractivity contribution in [1.82, 2.24) is 5.43 Å². The fourth-order valence-electron chi connectivity index (χ4n) is 3.89. The molecule has 0 spiro atoms. The van der Waals surface area contributed by atoms with Gasteiger partial charge in [-0.15, -0.1) is 0 Å². The molecule has 1 atom stereocenters. The Kier molecular flexibility index (Phi) is 6.84. The Hall–Kier alpha value is -3.84. The van der Waals surface area contributed by atoms with E-state index in [1.54, 1.807) is 30.5 Å². The molecule has 4 rings (SSSR count). The fraction of sp³-hybridized carbons (Fsp3) is 0.111. The smallest absolute Gasteiger partial charge is 0.244 e. The third kappa shape index (κ3) is 5.21. The van der Waals surface area contributed by atoms with Crippen LogP contribution in [0.25, 0.3) is 17.2 Å². The molecule has 0 fully saturated rings. The molecule has 0 heterocycles. The normalized spacial score (nSPS) is 15.1. The molecule has 5 nitrogen and oxygen atoms in total. The number of hydrogen-bond donors (Lipinski definition) is 2. The first kappa shape index (κ1) is 23.3. The molecule has 1 amide bonds. The molecule has 0 bridgehead atoms. The maximum atomic E-state index is 14.1. The number of amides is 1. The van der Waals surface area contributed by atoms with Crippen LogP contribution in [0.1, 0.15) is 35.6 Å². The molecule has 0 radical (unpaired) electrons. The number of aromatic hydroxyl groups is 1. The number of hydrazone groups is 1. The Bertz CT molecular complexity index is 1370. The van der Waals surface area contributed by atoms with Gasteiger partial charge < -0.3 is 5.11 Å². The van der Waals surface area contributed by atoms with Crippen molar-refractivity contribution in [2.75, 3.05) is 6.26 Å². The minimum Gasteiger partial charge on any atom is -0.508 e. The number of halogens is 1. The summed E-state index contributed by atoms with van der Waals surface area (Å²) in [5.74, 6) is -0.600. The predicted octanol–water partition coefficient (Wildman–Crippen LogP) is 5.14. The third-order valence-corrected chi connectivity index (χ3v) is 6.52. The van der Waals surface area contributed by atoms with Crippen LogP contribution in [0.5, 0.6) is 5.75 Å². The first-order valence-electron chi connectivity index (χ1n) is 10.6. The highest BCUT2D eigenvalue weighted by molar-refractivity contribution is 7.84. The molecule has 7 heteroatoms. The number of phenolic OH excluding ortho intramolecular Hbond substituents is 1. The average Bonchev–Trinajstić information content (AvgIpc) is 3.04. The standard InChI is InChI=1S/C27H23FN2O3S/c1-17-24(13-18-6-9-22(10-7-18)34(2)33)23-11-8-20(28)14-26(23)25(17)15-27(32)30-29-16-19-4-3-5-21(31)12-19/h3-14,16,31H,15H2,1-2H3,(H,30,32)/b24-13-,29-16-. The summed E-state index contributed by atoms with van der Waals surface area (Å²) in [6.07, 6.45) is 5.09. The summed E-state index contributed by atoms with van der Waals surface area (Å²) in [5.41, 5.74) is 8.12. The van der Waals surface area contributed by atoms with Crippen molar-refractivity contribution < 1.29 is 18.5 Å². The van der Waals surface area contributed by atoms with Gasteiger partial charge in [0.05, 0.1) is 12.6 Å². The summed E-state index contributed by atoms with van der Waals surface area (Å²) in [5, 5.41) is 13.5. The van der Waals surface area contributed by atoms with E-state index in [0.717, 1.165) is 32.7 Å². The molecule has 0 saturated carbocycles. The lowest BCUT2D eigenvalue weighted by Gasteiger charge is -2.06. The van der Waals surface area contributed by atoms with Crippen molar-refractivity contribution >= 4 is 40.1 Å². The van der Waals surface area contributed by atoms with E-state index >= 15 is 0 Å². The lowest BCUT2D eigenvalue weighted by molar-refractivity contribution is -0.120. The lowest BCUT2D eigenvalue weighted by Crippen LogP contribution is -2.17. The zero-order chi connectivity index (χ0) is 24.2. The minimum atomic E-state index is -1.06. The molecule has 3 aromatic rings. The molecule has 172 valence electrons. The third-order valence-electron chi connectivity index (χ3n) is 5.59. The number of fused-ring (bicyclic) bond motifs is 1. The SMILES string of the molecule is CC1=C(CC(=O)N/N=C\c2cccc(O)c2)c2cc(F)ccc2/C1=C\c1ccc(S(C)=O)cc1. The van der Waals surface area contributed by atoms with Gasteiger partial charge in [0.1, 0.15) is 11.6 Å². The van der Waals surface area contributed by atoms with Crippen LogP contribution in [-0.2, 0) is 15.6 Å². The molecule has 1 aliphatic carbocycles. The Labute approximate surface area is 199 Å². The zero-order valence-corrected chi connectivity index (χ0v) is 19.5. The number of carbonyl (C=O) groups is 1. The Balaban J connectivity index is 1.59. The number of phenols is 1. The van der Waals surface area contributed by atoms with E-state index in [4.69, 9.17) is 0 Å². The van der Waals surface area contributed by atoms with Crippen molar-refractivity contribution in [3.05, 3.63) is 100 Å². The van der Waals surface area contributed by atoms with Gasteiger partial charge in [-0.1, -0.05) is 30.3 Å². The van der Waals surface area contributed by atoms with E-state index in [1.165, 1.54) is 24.4 Å². The number of nitrogens with one attached hydrogen (secondary N) is 1. The minimum absolute atomic E-state index is 0.0325. The largest absolute Gasteiger partial charge is 0.508 e. The van der Waals surface area contributed by atoms with Gasteiger partial charge in [-0.25, -0.2) is 9.82 Å². The molecule has 3 aromatic carbocycles. The molecule has 0 aromatic heterocycles. The first-order valence-corrected chi connectivity index (χ1v) is 12.1. The monoisotopic (exact) mass is 474 g/mol. The summed E-state index contributed by atoms with van der Waals surface area (Å²) in [6, 6.07) is 18.5. The van der Waals surface area contributed by atoms with Crippen LogP contribution in [0.2, 0.25) is 0 Å². The number of benzene rings is 3. The highest BCUT2D eigenvalue weighted by Crippen LogP contribution is 2.43. The van der Waals surface area contributed by atoms with Gasteiger partial charge in [-0.3, -0.25) is 9.00 Å². The van der Waals surface area contributed by atoms with Crippen LogP contribution in [0, 0.1) is 5.82 Å². The van der Waals surface area contributed by atoms with E-state index in [0.29, 0.717) is 11.1 Å². The second-order valence-corrected chi connectivity index (χ2v) is 9.32. The van der Waals surface area contributed by atoms with Crippen molar-refractivity contribution in [2.45, 2.75) is 18.2 Å². The summed E-state index contributed by atoms with van der Waals surface area (Å²) in [4.78, 5) is 13.4. The van der Waals surface area contributed by atoms with Crippen molar-refractivity contribution in [1.29, 1.82) is 0 Å². The van der Waals surface area contributed by atoms with Crippen molar-refractivity contribution in [3.63, 3.8) is 0 Å². The van der Waals surface area contributed by atoms with Crippen molar-refractivity contribution in [2.24, 2.45) is 5.10 Å². The van der Waals surface area contributed by atoms with Gasteiger partial charge >= 0.3 is 0 Å². The summed E-state index contributed by atoms with van der Waals surface area (Å²) in [7, 11) is -1.06. The van der Waals surface area contributed by atoms with Gasteiger partial charge in [0, 0.05) is 22.0 Å². The van der Waals surface area contributed by atoms with Crippen LogP contribution in [0.3, 0.4) is 0 Å². The molecule has 1 unspecified atom stereocenters. The number of hydrogen-bond acceptors (Lipinski definition) is 4. The number of carbonyl (C=O) groups excluding carboxylic acids is 1. The number of nitrogens with zero attached hydrogens (tertiary/aromatic N) is 1. The lowest BCUT2D eigenvalue weighted by atomic mass is 10.0. The highest BCUT2D eigenvalue weighted by Gasteiger charge is 2.25. The second-order valence-electron chi connectivity index (χ2n) is 7.94. The van der Waals surface area contributed by atoms with Crippen LogP contribution in [0.4, 0.5) is 4.39 Å². The maximum Gasteiger partial charge on any atom is 0.244 e. The molecule has 0 saturated heterocycles. The fourth-order valence-corrected chi connectivity index (χ4v) is 4.41. The Morgan fingerprint density at radius 1 is 1.06 bits per heavy atom. The van der Waals surface area contributed by atoms with E-state index in [2.05, 4.69) is 10.5 Å². The van der Waals surface area contributed by atoms with E-state index in [1.807, 2.05) is 37.3 Å². The van der Waals surface area contributed by atoms with Crippen LogP contribution in [0.15, 0.2) is 82.3 Å². The molecule has 0 aliphatic heterocycles. The van der Waals surface area contributed by atoms with Crippen molar-refractivity contribution in [3.8, 4) is 5.75 Å². The zero-order valence-electron chi connectivity index (χ0n) is 18.7. The summed E-state index contributed by atoms with van der Waals surface area (Å²) < 4.78 is 25.7. The van der Waals surface area contributed by atoms with Crippen LogP contribution in [-0.4, -0.2) is 27.7 Å². The highest BCUT2D eigenvalue weighted by atomic mass is 32.2. The average molecular weight is 475 g/mol. The molecular formula is C27H23FN2O3S. The first-order chi connectivity index (χ1) is 16.3. The van der Waals surface area contributed by atoms with Crippen LogP contribution < -0.4 is 5.43 Å². The molecular weight excluding hydrogens is 451 g/mol. The van der Waals surface area contributed by atoms with E-state index in [9.17, 15) is 18.5 Å². The predicted molar refractivity (Wildman–Crippen MR) is 134 cm³/mol. The topological polar surface area (TPSA) is 78.8 Å². The van der Waals surface area contributed by atoms with E-state index in [-0.39, 0.29) is 23.9 Å². The van der Waals surface area contributed by atoms with E-state index < -0.39 is 10.8 Å². The Morgan fingerprint density at radius 3 is 2.53 bits per heavy atom. The Morgan fingerprint density at radius 2 is 1.82 bits per heavy atom. The van der Waals surface area contributed by atoms with Gasteiger partial charge in [0.2, 0.25) is 5.91 Å².